The molecule has 1 aromatic rings. The Labute approximate surface area is 123 Å². The Hall–Kier alpha value is -0.550. The van der Waals surface area contributed by atoms with Crippen LogP contribution in [0.2, 0.25) is 0 Å². The van der Waals surface area contributed by atoms with Crippen molar-refractivity contribution >= 4 is 31.5 Å². The highest BCUT2D eigenvalue weighted by Crippen LogP contribution is 2.26. The topological polar surface area (TPSA) is 46.2 Å². The average molecular weight is 346 g/mol. The molecule has 0 amide bonds. The normalized spacial score (nSPS) is 16.7. The number of benzene rings is 1. The van der Waals surface area contributed by atoms with Gasteiger partial charge in [-0.15, -0.1) is 0 Å². The zero-order valence-corrected chi connectivity index (χ0v) is 13.3. The van der Waals surface area contributed by atoms with Gasteiger partial charge in [0.25, 0.3) is 0 Å². The van der Waals surface area contributed by atoms with Crippen molar-refractivity contribution in [1.29, 1.82) is 0 Å². The summed E-state index contributed by atoms with van der Waals surface area (Å²) in [6.45, 7) is 0.478. The summed E-state index contributed by atoms with van der Waals surface area (Å²) in [6, 6.07) is 7.76. The lowest BCUT2D eigenvalue weighted by atomic mass is 10.1. The zero-order chi connectivity index (χ0) is 13.7. The van der Waals surface area contributed by atoms with E-state index in [0.717, 1.165) is 23.0 Å². The molecule has 3 nitrogen and oxygen atoms in total. The molecule has 0 spiro atoms. The minimum atomic E-state index is -2.92. The number of rotatable bonds is 6. The van der Waals surface area contributed by atoms with Gasteiger partial charge in [-0.1, -0.05) is 34.8 Å². The van der Waals surface area contributed by atoms with E-state index in [1.165, 1.54) is 12.8 Å². The Morgan fingerprint density at radius 2 is 2.00 bits per heavy atom. The molecule has 1 aromatic carbocycles. The number of hydrogen-bond donors (Lipinski definition) is 1. The van der Waals surface area contributed by atoms with E-state index in [4.69, 9.17) is 0 Å². The molecule has 0 saturated heterocycles. The maximum Gasteiger partial charge on any atom is 0.152 e. The molecule has 19 heavy (non-hydrogen) atoms. The largest absolute Gasteiger partial charge is 0.384 e. The van der Waals surface area contributed by atoms with E-state index in [-0.39, 0.29) is 5.75 Å². The molecule has 1 aliphatic rings. The molecule has 0 radical (unpaired) electrons. The number of sulfone groups is 1. The molecule has 1 fully saturated rings. The second kappa shape index (κ2) is 6.75. The van der Waals surface area contributed by atoms with Gasteiger partial charge in [-0.05, 0) is 37.0 Å². The van der Waals surface area contributed by atoms with Crippen LogP contribution in [-0.2, 0) is 9.84 Å². The van der Waals surface area contributed by atoms with Crippen molar-refractivity contribution in [3.05, 3.63) is 28.7 Å². The summed E-state index contributed by atoms with van der Waals surface area (Å²) in [5.41, 5.74) is 0.949. The quantitative estimate of drug-likeness (QED) is 0.858. The predicted molar refractivity (Wildman–Crippen MR) is 83.2 cm³/mol. The van der Waals surface area contributed by atoms with Crippen LogP contribution < -0.4 is 5.32 Å². The highest BCUT2D eigenvalue weighted by atomic mass is 79.9. The summed E-state index contributed by atoms with van der Waals surface area (Å²) in [5, 5.41) is 3.16. The lowest BCUT2D eigenvalue weighted by molar-refractivity contribution is 0.559. The SMILES string of the molecule is O=S(=O)(CCNc1cccc(Br)c1)CC1CCCC1. The van der Waals surface area contributed by atoms with E-state index in [1.807, 2.05) is 24.3 Å². The lowest BCUT2D eigenvalue weighted by Gasteiger charge is -2.11. The fraction of sp³-hybridized carbons (Fsp3) is 0.571. The van der Waals surface area contributed by atoms with Crippen LogP contribution >= 0.6 is 15.9 Å². The third kappa shape index (κ3) is 5.15. The van der Waals surface area contributed by atoms with Crippen molar-refractivity contribution in [2.45, 2.75) is 25.7 Å². The lowest BCUT2D eigenvalue weighted by Crippen LogP contribution is -2.22. The summed E-state index contributed by atoms with van der Waals surface area (Å²) >= 11 is 3.39. The van der Waals surface area contributed by atoms with Crippen LogP contribution in [0.25, 0.3) is 0 Å². The van der Waals surface area contributed by atoms with Crippen molar-refractivity contribution in [2.24, 2.45) is 5.92 Å². The first-order valence-electron chi connectivity index (χ1n) is 6.75. The van der Waals surface area contributed by atoms with Gasteiger partial charge in [0.2, 0.25) is 0 Å². The smallest absolute Gasteiger partial charge is 0.152 e. The molecule has 106 valence electrons. The minimum absolute atomic E-state index is 0.218. The van der Waals surface area contributed by atoms with Crippen LogP contribution in [0.5, 0.6) is 0 Å². The molecule has 0 atom stereocenters. The van der Waals surface area contributed by atoms with E-state index in [2.05, 4.69) is 21.2 Å². The van der Waals surface area contributed by atoms with Gasteiger partial charge in [-0.25, -0.2) is 8.42 Å². The molecule has 0 unspecified atom stereocenters. The predicted octanol–water partition coefficient (Wildman–Crippen LogP) is 3.47. The summed E-state index contributed by atoms with van der Waals surface area (Å²) in [7, 11) is -2.92. The van der Waals surface area contributed by atoms with Gasteiger partial charge in [0.1, 0.15) is 0 Å². The molecule has 1 aliphatic carbocycles. The first-order valence-corrected chi connectivity index (χ1v) is 9.36. The first-order chi connectivity index (χ1) is 9.05. The van der Waals surface area contributed by atoms with Crippen LogP contribution in [0, 0.1) is 5.92 Å². The number of halogens is 1. The van der Waals surface area contributed by atoms with Crippen LogP contribution in [0.15, 0.2) is 28.7 Å². The van der Waals surface area contributed by atoms with E-state index in [0.29, 0.717) is 18.2 Å². The average Bonchev–Trinajstić information content (AvgIpc) is 2.80. The molecule has 2 rings (SSSR count). The second-order valence-corrected chi connectivity index (χ2v) is 8.35. The second-order valence-electron chi connectivity index (χ2n) is 5.20. The summed E-state index contributed by atoms with van der Waals surface area (Å²) in [5.74, 6) is 0.985. The number of hydrogen-bond acceptors (Lipinski definition) is 3. The Morgan fingerprint density at radius 1 is 1.26 bits per heavy atom. The van der Waals surface area contributed by atoms with E-state index in [9.17, 15) is 8.42 Å². The van der Waals surface area contributed by atoms with Gasteiger partial charge >= 0.3 is 0 Å². The molecule has 1 saturated carbocycles. The molecule has 1 N–H and O–H groups in total. The van der Waals surface area contributed by atoms with Crippen LogP contribution in [0.4, 0.5) is 5.69 Å². The third-order valence-electron chi connectivity index (χ3n) is 3.53. The highest BCUT2D eigenvalue weighted by Gasteiger charge is 2.22. The fourth-order valence-electron chi connectivity index (χ4n) is 2.57. The molecule has 0 bridgehead atoms. The Morgan fingerprint density at radius 3 is 2.68 bits per heavy atom. The maximum atomic E-state index is 12.0. The molecule has 0 heterocycles. The highest BCUT2D eigenvalue weighted by molar-refractivity contribution is 9.10. The minimum Gasteiger partial charge on any atom is -0.384 e. The Balaban J connectivity index is 1.78. The Kier molecular flexibility index (Phi) is 5.28. The van der Waals surface area contributed by atoms with Crippen LogP contribution in [0.3, 0.4) is 0 Å². The molecular weight excluding hydrogens is 326 g/mol. The number of nitrogens with one attached hydrogen (secondary N) is 1. The summed E-state index contributed by atoms with van der Waals surface area (Å²) in [4.78, 5) is 0. The van der Waals surface area contributed by atoms with Gasteiger partial charge in [-0.2, -0.15) is 0 Å². The van der Waals surface area contributed by atoms with Gasteiger partial charge in [0, 0.05) is 16.7 Å². The molecular formula is C14H20BrNO2S. The van der Waals surface area contributed by atoms with Crippen LogP contribution in [-0.4, -0.2) is 26.5 Å². The first kappa shape index (κ1) is 14.9. The van der Waals surface area contributed by atoms with E-state index >= 15 is 0 Å². The van der Waals surface area contributed by atoms with E-state index < -0.39 is 9.84 Å². The molecule has 0 aliphatic heterocycles. The summed E-state index contributed by atoms with van der Waals surface area (Å²) < 4.78 is 25.0. The van der Waals surface area contributed by atoms with Crippen molar-refractivity contribution in [2.75, 3.05) is 23.4 Å². The zero-order valence-electron chi connectivity index (χ0n) is 10.9. The number of anilines is 1. The van der Waals surface area contributed by atoms with Gasteiger partial charge in [0.05, 0.1) is 11.5 Å². The van der Waals surface area contributed by atoms with E-state index in [1.54, 1.807) is 0 Å². The monoisotopic (exact) mass is 345 g/mol. The van der Waals surface area contributed by atoms with Gasteiger partial charge < -0.3 is 5.32 Å². The van der Waals surface area contributed by atoms with Crippen molar-refractivity contribution < 1.29 is 8.42 Å². The van der Waals surface area contributed by atoms with Crippen molar-refractivity contribution in [3.63, 3.8) is 0 Å². The third-order valence-corrected chi connectivity index (χ3v) is 5.83. The van der Waals surface area contributed by atoms with Crippen LogP contribution in [0.1, 0.15) is 25.7 Å². The molecule has 5 heteroatoms. The molecule has 0 aromatic heterocycles. The summed E-state index contributed by atoms with van der Waals surface area (Å²) in [6.07, 6.45) is 4.55. The van der Waals surface area contributed by atoms with Gasteiger partial charge in [-0.3, -0.25) is 0 Å². The maximum absolute atomic E-state index is 12.0. The van der Waals surface area contributed by atoms with Crippen molar-refractivity contribution in [1.82, 2.24) is 0 Å². The Bertz CT molecular complexity index is 510. The van der Waals surface area contributed by atoms with Crippen molar-refractivity contribution in [3.8, 4) is 0 Å². The fourth-order valence-corrected chi connectivity index (χ4v) is 4.60. The standard InChI is InChI=1S/C14H20BrNO2S/c15-13-6-3-7-14(10-13)16-8-9-19(17,18)11-12-4-1-2-5-12/h3,6-7,10,12,16H,1-2,4-5,8-9,11H2. The van der Waals surface area contributed by atoms with Gasteiger partial charge in [0.15, 0.2) is 9.84 Å².